The molecular formula is C16H16ClN3. The van der Waals surface area contributed by atoms with Gasteiger partial charge in [-0.15, -0.1) is 0 Å². The lowest BCUT2D eigenvalue weighted by Gasteiger charge is -2.24. The second-order valence-corrected chi connectivity index (χ2v) is 5.15. The smallest absolute Gasteiger partial charge is 0.123 e. The molecule has 0 amide bonds. The van der Waals surface area contributed by atoms with Crippen LogP contribution in [0.1, 0.15) is 17.0 Å². The molecule has 0 saturated heterocycles. The Morgan fingerprint density at radius 2 is 1.65 bits per heavy atom. The molecule has 2 N–H and O–H groups in total. The molecule has 20 heavy (non-hydrogen) atoms. The zero-order valence-corrected chi connectivity index (χ0v) is 11.8. The fourth-order valence-corrected chi connectivity index (χ4v) is 2.52. The molecule has 0 bridgehead atoms. The second-order valence-electron chi connectivity index (χ2n) is 4.71. The van der Waals surface area contributed by atoms with Crippen molar-refractivity contribution in [2.45, 2.75) is 5.92 Å². The van der Waals surface area contributed by atoms with Crippen molar-refractivity contribution < 1.29 is 0 Å². The second kappa shape index (κ2) is 6.07. The number of aliphatic imine (C=N–C) groups is 1. The maximum atomic E-state index is 5.99. The molecular weight excluding hydrogens is 270 g/mol. The van der Waals surface area contributed by atoms with Crippen LogP contribution in [0.3, 0.4) is 0 Å². The van der Waals surface area contributed by atoms with Crippen molar-refractivity contribution in [1.82, 2.24) is 10.9 Å². The standard InChI is InChI=1S/C16H16ClN3/c17-14-8-6-13(7-9-14)15(12-4-2-1-3-5-12)16-18-10-11-19-20-16/h1-9,15,19H,10-11H2,(H,18,20)/t15-/m1/s1. The van der Waals surface area contributed by atoms with E-state index in [1.807, 2.05) is 18.2 Å². The average Bonchev–Trinajstić information content (AvgIpc) is 2.52. The number of hydrogen-bond donors (Lipinski definition) is 2. The van der Waals surface area contributed by atoms with Gasteiger partial charge in [-0.05, 0) is 23.3 Å². The molecule has 3 rings (SSSR count). The van der Waals surface area contributed by atoms with E-state index in [0.717, 1.165) is 23.9 Å². The molecule has 0 saturated carbocycles. The van der Waals surface area contributed by atoms with Crippen LogP contribution in [-0.2, 0) is 0 Å². The van der Waals surface area contributed by atoms with Gasteiger partial charge < -0.3 is 5.43 Å². The maximum absolute atomic E-state index is 5.99. The molecule has 0 aliphatic carbocycles. The summed E-state index contributed by atoms with van der Waals surface area (Å²) in [5, 5.41) is 0.747. The third-order valence-electron chi connectivity index (χ3n) is 3.35. The Labute approximate surface area is 123 Å². The molecule has 1 heterocycles. The third-order valence-corrected chi connectivity index (χ3v) is 3.60. The molecule has 3 nitrogen and oxygen atoms in total. The van der Waals surface area contributed by atoms with Crippen LogP contribution < -0.4 is 10.9 Å². The first-order chi connectivity index (χ1) is 9.84. The number of hydrogen-bond acceptors (Lipinski definition) is 3. The Morgan fingerprint density at radius 1 is 0.950 bits per heavy atom. The fraction of sp³-hybridized carbons (Fsp3) is 0.188. The van der Waals surface area contributed by atoms with Gasteiger partial charge in [0, 0.05) is 11.6 Å². The minimum atomic E-state index is 0.0984. The molecule has 2 aromatic carbocycles. The average molecular weight is 286 g/mol. The molecule has 0 radical (unpaired) electrons. The summed E-state index contributed by atoms with van der Waals surface area (Å²) < 4.78 is 0. The molecule has 1 aliphatic rings. The lowest BCUT2D eigenvalue weighted by Crippen LogP contribution is -2.45. The van der Waals surface area contributed by atoms with E-state index >= 15 is 0 Å². The number of hydrazine groups is 1. The highest BCUT2D eigenvalue weighted by molar-refractivity contribution is 6.30. The summed E-state index contributed by atoms with van der Waals surface area (Å²) >= 11 is 5.99. The molecule has 0 spiro atoms. The Hall–Kier alpha value is -1.84. The number of halogens is 1. The van der Waals surface area contributed by atoms with Crippen LogP contribution in [0.4, 0.5) is 0 Å². The van der Waals surface area contributed by atoms with Gasteiger partial charge in [0.15, 0.2) is 0 Å². The molecule has 1 aliphatic heterocycles. The van der Waals surface area contributed by atoms with E-state index in [9.17, 15) is 0 Å². The molecule has 0 unspecified atom stereocenters. The first-order valence-corrected chi connectivity index (χ1v) is 7.06. The normalized spacial score (nSPS) is 16.1. The van der Waals surface area contributed by atoms with Crippen molar-refractivity contribution in [2.75, 3.05) is 13.1 Å². The zero-order valence-electron chi connectivity index (χ0n) is 11.0. The van der Waals surface area contributed by atoms with E-state index < -0.39 is 0 Å². The van der Waals surface area contributed by atoms with Crippen LogP contribution in [0.5, 0.6) is 0 Å². The highest BCUT2D eigenvalue weighted by Gasteiger charge is 2.21. The van der Waals surface area contributed by atoms with E-state index in [-0.39, 0.29) is 5.92 Å². The Balaban J connectivity index is 2.03. The maximum Gasteiger partial charge on any atom is 0.123 e. The zero-order chi connectivity index (χ0) is 13.8. The summed E-state index contributed by atoms with van der Waals surface area (Å²) in [4.78, 5) is 4.62. The van der Waals surface area contributed by atoms with Crippen molar-refractivity contribution >= 4 is 17.4 Å². The van der Waals surface area contributed by atoms with Crippen molar-refractivity contribution in [3.8, 4) is 0 Å². The quantitative estimate of drug-likeness (QED) is 0.910. The van der Waals surface area contributed by atoms with Gasteiger partial charge >= 0.3 is 0 Å². The summed E-state index contributed by atoms with van der Waals surface area (Å²) in [6, 6.07) is 18.3. The minimum Gasteiger partial charge on any atom is -0.309 e. The highest BCUT2D eigenvalue weighted by Crippen LogP contribution is 2.27. The molecule has 4 heteroatoms. The first-order valence-electron chi connectivity index (χ1n) is 6.68. The van der Waals surface area contributed by atoms with Crippen molar-refractivity contribution in [3.05, 3.63) is 70.7 Å². The van der Waals surface area contributed by atoms with Crippen molar-refractivity contribution in [1.29, 1.82) is 0 Å². The lowest BCUT2D eigenvalue weighted by atomic mass is 9.90. The summed E-state index contributed by atoms with van der Waals surface area (Å²) in [5.41, 5.74) is 8.75. The van der Waals surface area contributed by atoms with Crippen molar-refractivity contribution in [2.24, 2.45) is 4.99 Å². The lowest BCUT2D eigenvalue weighted by molar-refractivity contribution is 0.612. The highest BCUT2D eigenvalue weighted by atomic mass is 35.5. The predicted octanol–water partition coefficient (Wildman–Crippen LogP) is 2.98. The van der Waals surface area contributed by atoms with Gasteiger partial charge in [0.05, 0.1) is 12.5 Å². The van der Waals surface area contributed by atoms with Crippen LogP contribution in [0.25, 0.3) is 0 Å². The van der Waals surface area contributed by atoms with Gasteiger partial charge in [-0.1, -0.05) is 54.1 Å². The first kappa shape index (κ1) is 13.2. The number of nitrogens with zero attached hydrogens (tertiary/aromatic N) is 1. The SMILES string of the molecule is Clc1ccc([C@H](C2=NCCNN2)c2ccccc2)cc1. The van der Waals surface area contributed by atoms with E-state index in [1.54, 1.807) is 0 Å². The Bertz CT molecular complexity index is 593. The van der Waals surface area contributed by atoms with Gasteiger partial charge in [0.2, 0.25) is 0 Å². The predicted molar refractivity (Wildman–Crippen MR) is 83.2 cm³/mol. The monoisotopic (exact) mass is 285 g/mol. The van der Waals surface area contributed by atoms with Crippen LogP contribution in [-0.4, -0.2) is 18.9 Å². The molecule has 2 aromatic rings. The van der Waals surface area contributed by atoms with E-state index in [0.29, 0.717) is 0 Å². The van der Waals surface area contributed by atoms with Gasteiger partial charge in [-0.3, -0.25) is 4.99 Å². The summed E-state index contributed by atoms with van der Waals surface area (Å²) in [6.07, 6.45) is 0. The topological polar surface area (TPSA) is 36.4 Å². The van der Waals surface area contributed by atoms with Crippen molar-refractivity contribution in [3.63, 3.8) is 0 Å². The van der Waals surface area contributed by atoms with Crippen LogP contribution in [0.2, 0.25) is 5.02 Å². The third kappa shape index (κ3) is 2.84. The fourth-order valence-electron chi connectivity index (χ4n) is 2.40. The van der Waals surface area contributed by atoms with E-state index in [4.69, 9.17) is 11.6 Å². The molecule has 1 atom stereocenters. The number of benzene rings is 2. The Kier molecular flexibility index (Phi) is 4.00. The minimum absolute atomic E-state index is 0.0984. The Morgan fingerprint density at radius 3 is 2.30 bits per heavy atom. The van der Waals surface area contributed by atoms with Crippen LogP contribution in [0, 0.1) is 0 Å². The van der Waals surface area contributed by atoms with Gasteiger partial charge in [0.25, 0.3) is 0 Å². The number of nitrogens with one attached hydrogen (secondary N) is 2. The van der Waals surface area contributed by atoms with E-state index in [2.05, 4.69) is 52.2 Å². The summed E-state index contributed by atoms with van der Waals surface area (Å²) in [6.45, 7) is 1.64. The van der Waals surface area contributed by atoms with Gasteiger partial charge in [-0.2, -0.15) is 0 Å². The van der Waals surface area contributed by atoms with E-state index in [1.165, 1.54) is 11.1 Å². The molecule has 0 aromatic heterocycles. The molecule has 102 valence electrons. The van der Waals surface area contributed by atoms with Gasteiger partial charge in [0.1, 0.15) is 5.84 Å². The largest absolute Gasteiger partial charge is 0.309 e. The van der Waals surface area contributed by atoms with Crippen LogP contribution in [0.15, 0.2) is 59.6 Å². The van der Waals surface area contributed by atoms with Crippen LogP contribution >= 0.6 is 11.6 Å². The summed E-state index contributed by atoms with van der Waals surface area (Å²) in [7, 11) is 0. The number of amidine groups is 1. The number of rotatable bonds is 3. The van der Waals surface area contributed by atoms with Gasteiger partial charge in [-0.25, -0.2) is 5.43 Å². The summed E-state index contributed by atoms with van der Waals surface area (Å²) in [5.74, 6) is 1.05. The molecule has 0 fully saturated rings.